The maximum absolute atomic E-state index is 12.7. The number of carbonyl (C=O) groups is 1. The zero-order valence-corrected chi connectivity index (χ0v) is 18.9. The summed E-state index contributed by atoms with van der Waals surface area (Å²) in [6.07, 6.45) is -1.49. The highest BCUT2D eigenvalue weighted by Gasteiger charge is 2.47. The third kappa shape index (κ3) is 6.21. The summed E-state index contributed by atoms with van der Waals surface area (Å²) in [7, 11) is 0. The monoisotopic (exact) mass is 490 g/mol. The van der Waals surface area contributed by atoms with Crippen LogP contribution in [0.15, 0.2) is 48.5 Å². The van der Waals surface area contributed by atoms with Crippen molar-refractivity contribution in [2.45, 2.75) is 50.1 Å². The van der Waals surface area contributed by atoms with Gasteiger partial charge in [-0.1, -0.05) is 30.3 Å². The second kappa shape index (κ2) is 10.1. The number of ether oxygens (including phenoxy) is 2. The predicted molar refractivity (Wildman–Crippen MR) is 118 cm³/mol. The highest BCUT2D eigenvalue weighted by Crippen LogP contribution is 2.46. The maximum Gasteiger partial charge on any atom is 0.573 e. The quantitative estimate of drug-likeness (QED) is 0.595. The average molecular weight is 490 g/mol. The molecule has 0 bridgehead atoms. The molecule has 0 N–H and O–H groups in total. The van der Waals surface area contributed by atoms with Gasteiger partial charge in [-0.25, -0.2) is 4.79 Å². The number of benzene rings is 2. The SMILES string of the molecule is O=C1OC2(CCN(Cc3ccc(OC(F)(F)F)c(C4CC4)c3)CC2)CN1c1ccccc1.O=C=O. The molecule has 0 radical (unpaired) electrons. The van der Waals surface area contributed by atoms with Crippen molar-refractivity contribution in [2.75, 3.05) is 24.5 Å². The van der Waals surface area contributed by atoms with Gasteiger partial charge in [-0.3, -0.25) is 9.80 Å². The fourth-order valence-electron chi connectivity index (χ4n) is 4.69. The van der Waals surface area contributed by atoms with Gasteiger partial charge in [0.1, 0.15) is 11.4 Å². The molecule has 3 aliphatic rings. The molecule has 35 heavy (non-hydrogen) atoms. The minimum atomic E-state index is -4.68. The second-order valence-corrected chi connectivity index (χ2v) is 9.03. The van der Waals surface area contributed by atoms with Gasteiger partial charge in [0.05, 0.1) is 6.54 Å². The molecule has 10 heteroatoms. The number of alkyl halides is 3. The number of para-hydroxylation sites is 1. The van der Waals surface area contributed by atoms with Crippen molar-refractivity contribution in [3.63, 3.8) is 0 Å². The Labute approximate surface area is 200 Å². The van der Waals surface area contributed by atoms with Gasteiger partial charge >= 0.3 is 18.6 Å². The van der Waals surface area contributed by atoms with Crippen LogP contribution < -0.4 is 9.64 Å². The van der Waals surface area contributed by atoms with Gasteiger partial charge < -0.3 is 9.47 Å². The van der Waals surface area contributed by atoms with Crippen LogP contribution in [0.25, 0.3) is 0 Å². The lowest BCUT2D eigenvalue weighted by molar-refractivity contribution is -0.274. The standard InChI is InChI=1S/C24H25F3N2O3.CO2/c25-24(26,27)31-21-9-6-17(14-20(21)18-7-8-18)15-28-12-10-23(11-13-28)16-29(22(30)32-23)19-4-2-1-3-5-19;2-1-3/h1-6,9,14,18H,7-8,10-13,15-16H2;. The van der Waals surface area contributed by atoms with Gasteiger partial charge in [0.25, 0.3) is 0 Å². The zero-order chi connectivity index (χ0) is 25.1. The molecule has 1 spiro atoms. The molecule has 2 heterocycles. The van der Waals surface area contributed by atoms with Crippen molar-refractivity contribution < 1.29 is 37.0 Å². The maximum atomic E-state index is 12.7. The number of halogens is 3. The number of amides is 1. The molecule has 1 saturated carbocycles. The smallest absolute Gasteiger partial charge is 0.441 e. The molecule has 7 nitrogen and oxygen atoms in total. The predicted octanol–water partition coefficient (Wildman–Crippen LogP) is 4.87. The molecule has 3 fully saturated rings. The molecule has 5 rings (SSSR count). The first-order valence-electron chi connectivity index (χ1n) is 11.4. The van der Waals surface area contributed by atoms with Crippen molar-refractivity contribution in [1.29, 1.82) is 0 Å². The lowest BCUT2D eigenvalue weighted by Gasteiger charge is -2.37. The normalized spacial score (nSPS) is 19.5. The van der Waals surface area contributed by atoms with Crippen LogP contribution in [0, 0.1) is 0 Å². The van der Waals surface area contributed by atoms with E-state index in [2.05, 4.69) is 9.64 Å². The third-order valence-corrected chi connectivity index (χ3v) is 6.53. The van der Waals surface area contributed by atoms with Crippen LogP contribution in [0.5, 0.6) is 5.75 Å². The summed E-state index contributed by atoms with van der Waals surface area (Å²) in [4.78, 5) is 32.7. The molecule has 2 aromatic rings. The Morgan fingerprint density at radius 2 is 1.71 bits per heavy atom. The Bertz CT molecular complexity index is 1070. The lowest BCUT2D eigenvalue weighted by atomic mass is 9.91. The molecule has 0 aromatic heterocycles. The Morgan fingerprint density at radius 1 is 1.06 bits per heavy atom. The summed E-state index contributed by atoms with van der Waals surface area (Å²) in [5.74, 6) is 0.0685. The highest BCUT2D eigenvalue weighted by atomic mass is 19.4. The Kier molecular flexibility index (Phi) is 7.14. The summed E-state index contributed by atoms with van der Waals surface area (Å²) < 4.78 is 48.2. The fraction of sp³-hybridized carbons (Fsp3) is 0.440. The van der Waals surface area contributed by atoms with E-state index in [9.17, 15) is 18.0 Å². The van der Waals surface area contributed by atoms with E-state index >= 15 is 0 Å². The van der Waals surface area contributed by atoms with E-state index in [-0.39, 0.29) is 23.9 Å². The van der Waals surface area contributed by atoms with E-state index in [0.717, 1.165) is 50.0 Å². The Morgan fingerprint density at radius 3 is 2.31 bits per heavy atom. The summed E-state index contributed by atoms with van der Waals surface area (Å²) in [5.41, 5.74) is 1.99. The summed E-state index contributed by atoms with van der Waals surface area (Å²) in [6, 6.07) is 14.5. The van der Waals surface area contributed by atoms with Crippen molar-refractivity contribution >= 4 is 17.9 Å². The Hall–Kier alpha value is -3.36. The number of hydrogen-bond acceptors (Lipinski definition) is 6. The second-order valence-electron chi connectivity index (χ2n) is 9.03. The van der Waals surface area contributed by atoms with Crippen molar-refractivity contribution in [1.82, 2.24) is 4.90 Å². The van der Waals surface area contributed by atoms with Crippen LogP contribution in [0.2, 0.25) is 0 Å². The molecule has 0 unspecified atom stereocenters. The van der Waals surface area contributed by atoms with E-state index in [4.69, 9.17) is 14.3 Å². The van der Waals surface area contributed by atoms with Crippen LogP contribution in [-0.2, 0) is 20.9 Å². The van der Waals surface area contributed by atoms with Crippen molar-refractivity contribution in [3.8, 4) is 5.75 Å². The average Bonchev–Trinajstić information content (AvgIpc) is 3.61. The fourth-order valence-corrected chi connectivity index (χ4v) is 4.69. The summed E-state index contributed by atoms with van der Waals surface area (Å²) in [5, 5.41) is 0. The number of carbonyl (C=O) groups excluding carboxylic acids is 3. The summed E-state index contributed by atoms with van der Waals surface area (Å²) in [6.45, 7) is 2.71. The minimum Gasteiger partial charge on any atom is -0.441 e. The summed E-state index contributed by atoms with van der Waals surface area (Å²) >= 11 is 0. The topological polar surface area (TPSA) is 76.2 Å². The van der Waals surface area contributed by atoms with E-state index in [1.165, 1.54) is 6.07 Å². The van der Waals surface area contributed by atoms with Gasteiger partial charge in [-0.2, -0.15) is 9.59 Å². The number of piperidine rings is 1. The molecular formula is C25H25F3N2O5. The zero-order valence-electron chi connectivity index (χ0n) is 18.9. The number of anilines is 1. The first-order valence-corrected chi connectivity index (χ1v) is 11.4. The number of likely N-dealkylation sites (tertiary alicyclic amines) is 1. The van der Waals surface area contributed by atoms with E-state index in [0.29, 0.717) is 18.7 Å². The van der Waals surface area contributed by atoms with Crippen LogP contribution >= 0.6 is 0 Å². The van der Waals surface area contributed by atoms with Crippen molar-refractivity contribution in [2.24, 2.45) is 0 Å². The molecule has 0 atom stereocenters. The van der Waals surface area contributed by atoms with Crippen LogP contribution in [-0.4, -0.2) is 48.7 Å². The molecule has 1 amide bonds. The number of rotatable bonds is 5. The highest BCUT2D eigenvalue weighted by molar-refractivity contribution is 5.90. The molecule has 2 aromatic carbocycles. The minimum absolute atomic E-state index is 0.0831. The molecule has 186 valence electrons. The molecule has 2 aliphatic heterocycles. The van der Waals surface area contributed by atoms with Crippen LogP contribution in [0.4, 0.5) is 23.7 Å². The van der Waals surface area contributed by atoms with Crippen LogP contribution in [0.1, 0.15) is 42.7 Å². The van der Waals surface area contributed by atoms with Gasteiger partial charge in [0, 0.05) is 38.2 Å². The van der Waals surface area contributed by atoms with Crippen LogP contribution in [0.3, 0.4) is 0 Å². The third-order valence-electron chi connectivity index (χ3n) is 6.53. The molecule has 1 aliphatic carbocycles. The number of nitrogens with zero attached hydrogens (tertiary/aromatic N) is 2. The molecular weight excluding hydrogens is 465 g/mol. The number of hydrogen-bond donors (Lipinski definition) is 0. The van der Waals surface area contributed by atoms with Gasteiger partial charge in [0.2, 0.25) is 0 Å². The first kappa shape index (κ1) is 24.8. The Balaban J connectivity index is 0.000000917. The van der Waals surface area contributed by atoms with Gasteiger partial charge in [0.15, 0.2) is 0 Å². The van der Waals surface area contributed by atoms with Crippen molar-refractivity contribution in [3.05, 3.63) is 59.7 Å². The largest absolute Gasteiger partial charge is 0.573 e. The first-order chi connectivity index (χ1) is 16.7. The molecule has 2 saturated heterocycles. The van der Waals surface area contributed by atoms with Gasteiger partial charge in [-0.05, 0) is 48.1 Å². The lowest BCUT2D eigenvalue weighted by Crippen LogP contribution is -2.46. The van der Waals surface area contributed by atoms with Gasteiger partial charge in [-0.15, -0.1) is 13.2 Å². The van der Waals surface area contributed by atoms with E-state index < -0.39 is 12.0 Å². The van der Waals surface area contributed by atoms with E-state index in [1.807, 2.05) is 36.4 Å². The van der Waals surface area contributed by atoms with E-state index in [1.54, 1.807) is 11.0 Å².